The van der Waals surface area contributed by atoms with Gasteiger partial charge in [0.05, 0.1) is 16.8 Å². The van der Waals surface area contributed by atoms with E-state index < -0.39 is 0 Å². The quantitative estimate of drug-likeness (QED) is 0.744. The predicted molar refractivity (Wildman–Crippen MR) is 105 cm³/mol. The van der Waals surface area contributed by atoms with E-state index in [4.69, 9.17) is 4.99 Å². The third-order valence-electron chi connectivity index (χ3n) is 6.26. The van der Waals surface area contributed by atoms with Crippen LogP contribution in [0.15, 0.2) is 40.6 Å². The lowest BCUT2D eigenvalue weighted by molar-refractivity contribution is -0.117. The number of carbonyl (C=O) groups excluding carboxylic acids is 1. The summed E-state index contributed by atoms with van der Waals surface area (Å²) in [5.41, 5.74) is 3.28. The van der Waals surface area contributed by atoms with Crippen LogP contribution >= 0.6 is 0 Å². The lowest BCUT2D eigenvalue weighted by Gasteiger charge is -2.37. The zero-order valence-electron chi connectivity index (χ0n) is 16.0. The number of aliphatic hydroxyl groups excluding tert-OH is 1. The molecule has 138 valence electrons. The zero-order valence-corrected chi connectivity index (χ0v) is 16.0. The average molecular weight is 351 g/mol. The highest BCUT2D eigenvalue weighted by atomic mass is 16.3. The van der Waals surface area contributed by atoms with Gasteiger partial charge in [-0.05, 0) is 30.2 Å². The van der Waals surface area contributed by atoms with Crippen molar-refractivity contribution < 1.29 is 9.90 Å². The van der Waals surface area contributed by atoms with Gasteiger partial charge in [0.25, 0.3) is 0 Å². The largest absolute Gasteiger partial charge is 0.511 e. The van der Waals surface area contributed by atoms with Crippen molar-refractivity contribution in [3.8, 4) is 0 Å². The number of nitrogens with zero attached hydrogens (tertiary/aromatic N) is 1. The topological polar surface area (TPSA) is 49.7 Å². The van der Waals surface area contributed by atoms with Gasteiger partial charge in [-0.2, -0.15) is 0 Å². The molecular weight excluding hydrogens is 322 g/mol. The first-order valence-corrected chi connectivity index (χ1v) is 10.0. The Hall–Kier alpha value is -1.90. The van der Waals surface area contributed by atoms with E-state index in [2.05, 4.69) is 18.2 Å². The fourth-order valence-corrected chi connectivity index (χ4v) is 5.02. The molecule has 0 unspecified atom stereocenters. The highest BCUT2D eigenvalue weighted by Crippen LogP contribution is 2.42. The molecule has 0 saturated heterocycles. The van der Waals surface area contributed by atoms with Gasteiger partial charge in [0.2, 0.25) is 0 Å². The summed E-state index contributed by atoms with van der Waals surface area (Å²) in [6.07, 6.45) is 9.08. The van der Waals surface area contributed by atoms with Crippen LogP contribution in [0.4, 0.5) is 0 Å². The molecule has 26 heavy (non-hydrogen) atoms. The number of hydrogen-bond acceptors (Lipinski definition) is 3. The Bertz CT molecular complexity index is 792. The van der Waals surface area contributed by atoms with Crippen molar-refractivity contribution in [1.82, 2.24) is 0 Å². The third-order valence-corrected chi connectivity index (χ3v) is 6.26. The molecular formula is C23H29NO2. The van der Waals surface area contributed by atoms with Crippen LogP contribution in [0.5, 0.6) is 0 Å². The van der Waals surface area contributed by atoms with Gasteiger partial charge in [0.1, 0.15) is 5.76 Å². The summed E-state index contributed by atoms with van der Waals surface area (Å²) < 4.78 is 0. The number of rotatable bonds is 1. The number of carbonyl (C=O) groups is 1. The minimum Gasteiger partial charge on any atom is -0.511 e. The Morgan fingerprint density at radius 1 is 0.962 bits per heavy atom. The maximum atomic E-state index is 13.0. The molecule has 0 atom stereocenters. The molecule has 1 aromatic carbocycles. The number of allylic oxidation sites excluding steroid dienone is 2. The number of Topliss-reactive ketones (excluding diaryl/α,β-unsaturated/α-hetero) is 1. The standard InChI is InChI=1S/C23H29NO2/c1-22(2)14-18(25)20(19(26)15-22)21-17-10-6-5-9-16(17)13-23(24-21)11-7-3-4-8-12-23/h5-6,9-10,25H,3-4,7-8,11-15H2,1-2H3. The van der Waals surface area contributed by atoms with Gasteiger partial charge in [0.15, 0.2) is 5.78 Å². The zero-order chi connectivity index (χ0) is 18.4. The van der Waals surface area contributed by atoms with Gasteiger partial charge in [-0.15, -0.1) is 0 Å². The fraction of sp³-hybridized carbons (Fsp3) is 0.565. The summed E-state index contributed by atoms with van der Waals surface area (Å²) in [5.74, 6) is 0.267. The van der Waals surface area contributed by atoms with Crippen LogP contribution < -0.4 is 0 Å². The van der Waals surface area contributed by atoms with Crippen LogP contribution in [0.3, 0.4) is 0 Å². The molecule has 1 fully saturated rings. The fourth-order valence-electron chi connectivity index (χ4n) is 5.02. The first-order valence-electron chi connectivity index (χ1n) is 10.0. The molecule has 2 aliphatic carbocycles. The van der Waals surface area contributed by atoms with E-state index >= 15 is 0 Å². The number of aliphatic hydroxyl groups is 1. The number of benzene rings is 1. The van der Waals surface area contributed by atoms with Crippen molar-refractivity contribution in [2.24, 2.45) is 10.4 Å². The van der Waals surface area contributed by atoms with E-state index in [-0.39, 0.29) is 22.5 Å². The van der Waals surface area contributed by atoms with Crippen LogP contribution in [-0.4, -0.2) is 22.1 Å². The SMILES string of the molecule is CC1(C)CC(=O)C(C2=NC3(CCCCCC3)Cc3ccccc32)=C(O)C1. The Morgan fingerprint density at radius 2 is 1.65 bits per heavy atom. The monoisotopic (exact) mass is 351 g/mol. The molecule has 1 spiro atoms. The van der Waals surface area contributed by atoms with E-state index in [9.17, 15) is 9.90 Å². The molecule has 0 bridgehead atoms. The van der Waals surface area contributed by atoms with Crippen molar-refractivity contribution >= 4 is 11.5 Å². The van der Waals surface area contributed by atoms with E-state index in [0.29, 0.717) is 18.4 Å². The van der Waals surface area contributed by atoms with Crippen molar-refractivity contribution in [1.29, 1.82) is 0 Å². The maximum absolute atomic E-state index is 13.0. The lowest BCUT2D eigenvalue weighted by atomic mass is 9.72. The average Bonchev–Trinajstić information content (AvgIpc) is 2.78. The highest BCUT2D eigenvalue weighted by Gasteiger charge is 2.41. The van der Waals surface area contributed by atoms with Crippen molar-refractivity contribution in [3.63, 3.8) is 0 Å². The predicted octanol–water partition coefficient (Wildman–Crippen LogP) is 5.33. The number of ketones is 1. The molecule has 3 nitrogen and oxygen atoms in total. The van der Waals surface area contributed by atoms with Crippen LogP contribution in [0, 0.1) is 5.41 Å². The first kappa shape index (κ1) is 17.5. The second kappa shape index (κ2) is 6.37. The summed E-state index contributed by atoms with van der Waals surface area (Å²) in [4.78, 5) is 18.2. The first-order chi connectivity index (χ1) is 12.4. The molecule has 3 heteroatoms. The molecule has 1 heterocycles. The normalized spacial score (nSPS) is 24.8. The summed E-state index contributed by atoms with van der Waals surface area (Å²) in [6.45, 7) is 4.09. The van der Waals surface area contributed by atoms with Crippen LogP contribution in [0.2, 0.25) is 0 Å². The summed E-state index contributed by atoms with van der Waals surface area (Å²) in [5, 5.41) is 10.8. The molecule has 3 aliphatic rings. The van der Waals surface area contributed by atoms with E-state index in [1.165, 1.54) is 31.2 Å². The van der Waals surface area contributed by atoms with Crippen LogP contribution in [-0.2, 0) is 11.2 Å². The van der Waals surface area contributed by atoms with E-state index in [0.717, 1.165) is 30.5 Å². The minimum absolute atomic E-state index is 0.0398. The number of fused-ring (bicyclic) bond motifs is 1. The highest BCUT2D eigenvalue weighted by molar-refractivity contribution is 6.30. The number of hydrogen-bond donors (Lipinski definition) is 1. The smallest absolute Gasteiger partial charge is 0.168 e. The lowest BCUT2D eigenvalue weighted by Crippen LogP contribution is -2.38. The van der Waals surface area contributed by atoms with Gasteiger partial charge in [-0.25, -0.2) is 0 Å². The van der Waals surface area contributed by atoms with Crippen molar-refractivity contribution in [3.05, 3.63) is 46.7 Å². The van der Waals surface area contributed by atoms with E-state index in [1.54, 1.807) is 0 Å². The van der Waals surface area contributed by atoms with E-state index in [1.807, 2.05) is 19.9 Å². The second-order valence-corrected chi connectivity index (χ2v) is 9.20. The van der Waals surface area contributed by atoms with Crippen LogP contribution in [0.1, 0.15) is 76.3 Å². The molecule has 1 aromatic rings. The Kier molecular flexibility index (Phi) is 4.29. The van der Waals surface area contributed by atoms with Gasteiger partial charge in [0, 0.05) is 18.4 Å². The number of aliphatic imine (C=N–C) groups is 1. The molecule has 1 aliphatic heterocycles. The second-order valence-electron chi connectivity index (χ2n) is 9.20. The Balaban J connectivity index is 1.86. The minimum atomic E-state index is -0.181. The summed E-state index contributed by atoms with van der Waals surface area (Å²) >= 11 is 0. The Morgan fingerprint density at radius 3 is 2.35 bits per heavy atom. The molecule has 0 radical (unpaired) electrons. The third kappa shape index (κ3) is 3.13. The van der Waals surface area contributed by atoms with Gasteiger partial charge >= 0.3 is 0 Å². The van der Waals surface area contributed by atoms with Gasteiger partial charge in [-0.1, -0.05) is 63.8 Å². The molecule has 1 saturated carbocycles. The van der Waals surface area contributed by atoms with Crippen molar-refractivity contribution in [2.45, 2.75) is 77.2 Å². The molecule has 0 amide bonds. The Labute approximate surface area is 156 Å². The van der Waals surface area contributed by atoms with Gasteiger partial charge < -0.3 is 5.11 Å². The molecule has 0 aromatic heterocycles. The van der Waals surface area contributed by atoms with Crippen LogP contribution in [0.25, 0.3) is 0 Å². The van der Waals surface area contributed by atoms with Crippen molar-refractivity contribution in [2.75, 3.05) is 0 Å². The summed E-state index contributed by atoms with van der Waals surface area (Å²) in [7, 11) is 0. The molecule has 4 rings (SSSR count). The van der Waals surface area contributed by atoms with Gasteiger partial charge in [-0.3, -0.25) is 9.79 Å². The summed E-state index contributed by atoms with van der Waals surface area (Å²) in [6, 6.07) is 8.32. The maximum Gasteiger partial charge on any atom is 0.168 e. The molecule has 1 N–H and O–H groups in total.